The zero-order chi connectivity index (χ0) is 14.5. The third-order valence-corrected chi connectivity index (χ3v) is 2.67. The van der Waals surface area contributed by atoms with Crippen molar-refractivity contribution in [3.8, 4) is 22.6 Å². The van der Waals surface area contributed by atoms with Gasteiger partial charge in [-0.1, -0.05) is 11.2 Å². The minimum Gasteiger partial charge on any atom is -0.493 e. The molecular weight excluding hydrogens is 264 g/mol. The lowest BCUT2D eigenvalue weighted by Crippen LogP contribution is -2.10. The molecule has 0 unspecified atom stereocenters. The Kier molecular flexibility index (Phi) is 4.09. The summed E-state index contributed by atoms with van der Waals surface area (Å²) in [6, 6.07) is 5.31. The Labute approximate surface area is 115 Å². The van der Waals surface area contributed by atoms with Gasteiger partial charge in [-0.15, -0.1) is 0 Å². The molecule has 0 bridgehead atoms. The van der Waals surface area contributed by atoms with Crippen LogP contribution >= 0.6 is 0 Å². The van der Waals surface area contributed by atoms with Crippen molar-refractivity contribution >= 4 is 12.0 Å². The second-order valence-electron chi connectivity index (χ2n) is 3.75. The highest BCUT2D eigenvalue weighted by atomic mass is 16.5. The van der Waals surface area contributed by atoms with Crippen LogP contribution < -0.4 is 14.8 Å². The molecular formula is C13H14N2O5. The molecule has 1 aromatic heterocycles. The number of rotatable bonds is 4. The van der Waals surface area contributed by atoms with Crippen LogP contribution in [0.5, 0.6) is 11.5 Å². The first-order valence-corrected chi connectivity index (χ1v) is 5.71. The van der Waals surface area contributed by atoms with Gasteiger partial charge in [0.1, 0.15) is 0 Å². The fourth-order valence-electron chi connectivity index (χ4n) is 1.68. The minimum atomic E-state index is -0.636. The maximum Gasteiger partial charge on any atom is 0.413 e. The van der Waals surface area contributed by atoms with Gasteiger partial charge in [-0.2, -0.15) is 0 Å². The smallest absolute Gasteiger partial charge is 0.413 e. The fourth-order valence-corrected chi connectivity index (χ4v) is 1.68. The topological polar surface area (TPSA) is 82.8 Å². The van der Waals surface area contributed by atoms with E-state index in [0.717, 1.165) is 5.56 Å². The van der Waals surface area contributed by atoms with Gasteiger partial charge in [-0.3, -0.25) is 5.32 Å². The van der Waals surface area contributed by atoms with Gasteiger partial charge in [0, 0.05) is 0 Å². The molecule has 1 N–H and O–H groups in total. The van der Waals surface area contributed by atoms with E-state index in [9.17, 15) is 4.79 Å². The lowest BCUT2D eigenvalue weighted by molar-refractivity contribution is 0.186. The Bertz CT molecular complexity index is 609. The third-order valence-electron chi connectivity index (χ3n) is 2.67. The van der Waals surface area contributed by atoms with E-state index in [1.807, 2.05) is 0 Å². The molecule has 0 saturated carbocycles. The lowest BCUT2D eigenvalue weighted by atomic mass is 10.1. The van der Waals surface area contributed by atoms with Crippen molar-refractivity contribution in [2.75, 3.05) is 26.6 Å². The Morgan fingerprint density at radius 1 is 1.20 bits per heavy atom. The Morgan fingerprint density at radius 3 is 2.60 bits per heavy atom. The number of benzene rings is 1. The highest BCUT2D eigenvalue weighted by molar-refractivity contribution is 5.88. The van der Waals surface area contributed by atoms with Gasteiger partial charge in [0.25, 0.3) is 0 Å². The molecule has 7 nitrogen and oxygen atoms in total. The average Bonchev–Trinajstić information content (AvgIpc) is 2.94. The summed E-state index contributed by atoms with van der Waals surface area (Å²) in [5.41, 5.74) is 1.37. The van der Waals surface area contributed by atoms with Crippen LogP contribution in [-0.2, 0) is 4.74 Å². The third kappa shape index (κ3) is 2.66. The summed E-state index contributed by atoms with van der Waals surface area (Å²) in [7, 11) is 4.37. The zero-order valence-electron chi connectivity index (χ0n) is 11.3. The number of carbonyl (C=O) groups is 1. The summed E-state index contributed by atoms with van der Waals surface area (Å²) in [6.45, 7) is 0. The maximum absolute atomic E-state index is 11.2. The highest BCUT2D eigenvalue weighted by Crippen LogP contribution is 2.35. The second kappa shape index (κ2) is 5.96. The first-order chi connectivity index (χ1) is 9.69. The minimum absolute atomic E-state index is 0.198. The summed E-state index contributed by atoms with van der Waals surface area (Å²) in [5, 5.41) is 6.11. The summed E-state index contributed by atoms with van der Waals surface area (Å²) in [4.78, 5) is 11.2. The molecule has 20 heavy (non-hydrogen) atoms. The Hall–Kier alpha value is -2.70. The van der Waals surface area contributed by atoms with Gasteiger partial charge in [-0.25, -0.2) is 4.79 Å². The standard InChI is InChI=1S/C13H14N2O5/c1-17-10-5-4-8(6-11(10)18-2)9-7-14-20-12(9)15-13(16)19-3/h4-7H,1-3H3,(H,15,16). The van der Waals surface area contributed by atoms with E-state index in [1.54, 1.807) is 32.4 Å². The van der Waals surface area contributed by atoms with Crippen LogP contribution in [0.1, 0.15) is 0 Å². The van der Waals surface area contributed by atoms with E-state index in [4.69, 9.17) is 14.0 Å². The summed E-state index contributed by atoms with van der Waals surface area (Å²) >= 11 is 0. The summed E-state index contributed by atoms with van der Waals surface area (Å²) in [5.74, 6) is 1.37. The van der Waals surface area contributed by atoms with Crippen LogP contribution in [-0.4, -0.2) is 32.6 Å². The fraction of sp³-hybridized carbons (Fsp3) is 0.231. The summed E-state index contributed by atoms with van der Waals surface area (Å²) < 4.78 is 19.9. The molecule has 0 aliphatic rings. The molecule has 0 spiro atoms. The van der Waals surface area contributed by atoms with Crippen molar-refractivity contribution in [2.45, 2.75) is 0 Å². The van der Waals surface area contributed by atoms with E-state index in [-0.39, 0.29) is 5.88 Å². The molecule has 0 aliphatic carbocycles. The first kappa shape index (κ1) is 13.7. The lowest BCUT2D eigenvalue weighted by Gasteiger charge is -2.09. The van der Waals surface area contributed by atoms with E-state index in [0.29, 0.717) is 17.1 Å². The number of hydrogen-bond acceptors (Lipinski definition) is 6. The van der Waals surface area contributed by atoms with Crippen LogP contribution in [0.3, 0.4) is 0 Å². The van der Waals surface area contributed by atoms with Crippen LogP contribution in [0, 0.1) is 0 Å². The van der Waals surface area contributed by atoms with Gasteiger partial charge >= 0.3 is 6.09 Å². The molecule has 0 fully saturated rings. The number of nitrogens with zero attached hydrogens (tertiary/aromatic N) is 1. The van der Waals surface area contributed by atoms with Crippen LogP contribution in [0.25, 0.3) is 11.1 Å². The van der Waals surface area contributed by atoms with Crippen molar-refractivity contribution in [3.05, 3.63) is 24.4 Å². The SMILES string of the molecule is COC(=O)Nc1oncc1-c1ccc(OC)c(OC)c1. The molecule has 106 valence electrons. The average molecular weight is 278 g/mol. The van der Waals surface area contributed by atoms with Crippen molar-refractivity contribution in [1.82, 2.24) is 5.16 Å². The van der Waals surface area contributed by atoms with Gasteiger partial charge in [-0.05, 0) is 17.7 Å². The number of anilines is 1. The van der Waals surface area contributed by atoms with E-state index in [1.165, 1.54) is 13.3 Å². The van der Waals surface area contributed by atoms with Gasteiger partial charge in [0.05, 0.1) is 33.1 Å². The number of ether oxygens (including phenoxy) is 3. The monoisotopic (exact) mass is 278 g/mol. The number of hydrogen-bond donors (Lipinski definition) is 1. The molecule has 2 rings (SSSR count). The van der Waals surface area contributed by atoms with E-state index < -0.39 is 6.09 Å². The molecule has 0 saturated heterocycles. The molecule has 2 aromatic rings. The van der Waals surface area contributed by atoms with Crippen LogP contribution in [0.2, 0.25) is 0 Å². The highest BCUT2D eigenvalue weighted by Gasteiger charge is 2.15. The van der Waals surface area contributed by atoms with Crippen molar-refractivity contribution < 1.29 is 23.5 Å². The molecule has 7 heteroatoms. The number of amides is 1. The Morgan fingerprint density at radius 2 is 1.95 bits per heavy atom. The van der Waals surface area contributed by atoms with Crippen LogP contribution in [0.15, 0.2) is 28.9 Å². The van der Waals surface area contributed by atoms with Crippen LogP contribution in [0.4, 0.5) is 10.7 Å². The predicted molar refractivity (Wildman–Crippen MR) is 71.1 cm³/mol. The van der Waals surface area contributed by atoms with Gasteiger partial charge < -0.3 is 18.7 Å². The molecule has 0 radical (unpaired) electrons. The van der Waals surface area contributed by atoms with Gasteiger partial charge in [0.2, 0.25) is 5.88 Å². The number of methoxy groups -OCH3 is 3. The number of carbonyl (C=O) groups excluding carboxylic acids is 1. The zero-order valence-corrected chi connectivity index (χ0v) is 11.3. The largest absolute Gasteiger partial charge is 0.493 e. The first-order valence-electron chi connectivity index (χ1n) is 5.71. The predicted octanol–water partition coefficient (Wildman–Crippen LogP) is 2.54. The van der Waals surface area contributed by atoms with Crippen molar-refractivity contribution in [3.63, 3.8) is 0 Å². The summed E-state index contributed by atoms with van der Waals surface area (Å²) in [6.07, 6.45) is 0.857. The van der Waals surface area contributed by atoms with E-state index in [2.05, 4.69) is 15.2 Å². The second-order valence-corrected chi connectivity index (χ2v) is 3.75. The quantitative estimate of drug-likeness (QED) is 0.925. The molecule has 0 atom stereocenters. The maximum atomic E-state index is 11.2. The Balaban J connectivity index is 2.37. The van der Waals surface area contributed by atoms with E-state index >= 15 is 0 Å². The molecule has 0 aliphatic heterocycles. The molecule has 1 heterocycles. The molecule has 1 amide bonds. The van der Waals surface area contributed by atoms with Gasteiger partial charge in [0.15, 0.2) is 11.5 Å². The number of aromatic nitrogens is 1. The van der Waals surface area contributed by atoms with Crippen molar-refractivity contribution in [2.24, 2.45) is 0 Å². The number of nitrogens with one attached hydrogen (secondary N) is 1. The van der Waals surface area contributed by atoms with Crippen molar-refractivity contribution in [1.29, 1.82) is 0 Å². The molecule has 1 aromatic carbocycles. The normalized spacial score (nSPS) is 9.95.